The van der Waals surface area contributed by atoms with Crippen LogP contribution in [0.15, 0.2) is 0 Å². The first-order valence-corrected chi connectivity index (χ1v) is 3.69. The SMILES string of the molecule is CC(F)N1CCCCC1. The van der Waals surface area contributed by atoms with Gasteiger partial charge in [-0.25, -0.2) is 4.39 Å². The van der Waals surface area contributed by atoms with Crippen LogP contribution in [0.2, 0.25) is 0 Å². The summed E-state index contributed by atoms with van der Waals surface area (Å²) in [7, 11) is 0. The summed E-state index contributed by atoms with van der Waals surface area (Å²) >= 11 is 0. The van der Waals surface area contributed by atoms with Gasteiger partial charge in [0.25, 0.3) is 0 Å². The van der Waals surface area contributed by atoms with Gasteiger partial charge in [0.1, 0.15) is 0 Å². The van der Waals surface area contributed by atoms with Gasteiger partial charge in [-0.05, 0) is 19.8 Å². The molecular formula is C7H14FN. The summed E-state index contributed by atoms with van der Waals surface area (Å²) < 4.78 is 12.5. The van der Waals surface area contributed by atoms with Crippen molar-refractivity contribution >= 4 is 0 Å². The Kier molecular flexibility index (Phi) is 2.46. The van der Waals surface area contributed by atoms with Gasteiger partial charge in [-0.15, -0.1) is 0 Å². The van der Waals surface area contributed by atoms with Gasteiger partial charge >= 0.3 is 0 Å². The molecule has 0 radical (unpaired) electrons. The van der Waals surface area contributed by atoms with Crippen molar-refractivity contribution in [3.8, 4) is 0 Å². The van der Waals surface area contributed by atoms with Crippen LogP contribution in [-0.4, -0.2) is 24.3 Å². The van der Waals surface area contributed by atoms with Crippen LogP contribution in [0.25, 0.3) is 0 Å². The van der Waals surface area contributed by atoms with Crippen molar-refractivity contribution < 1.29 is 4.39 Å². The van der Waals surface area contributed by atoms with Crippen LogP contribution >= 0.6 is 0 Å². The number of hydrogen-bond donors (Lipinski definition) is 0. The van der Waals surface area contributed by atoms with Crippen molar-refractivity contribution in [1.82, 2.24) is 4.90 Å². The third-order valence-corrected chi connectivity index (χ3v) is 1.89. The molecule has 54 valence electrons. The van der Waals surface area contributed by atoms with E-state index in [9.17, 15) is 4.39 Å². The Labute approximate surface area is 55.8 Å². The van der Waals surface area contributed by atoms with Crippen molar-refractivity contribution in [3.63, 3.8) is 0 Å². The Balaban J connectivity index is 2.23. The average molecular weight is 131 g/mol. The van der Waals surface area contributed by atoms with Crippen LogP contribution in [0, 0.1) is 0 Å². The van der Waals surface area contributed by atoms with Gasteiger partial charge in [-0.1, -0.05) is 6.42 Å². The van der Waals surface area contributed by atoms with E-state index in [1.54, 1.807) is 6.92 Å². The Morgan fingerprint density at radius 1 is 1.22 bits per heavy atom. The quantitative estimate of drug-likeness (QED) is 0.490. The predicted molar refractivity (Wildman–Crippen MR) is 36.0 cm³/mol. The zero-order valence-electron chi connectivity index (χ0n) is 5.94. The molecular weight excluding hydrogens is 117 g/mol. The highest BCUT2D eigenvalue weighted by molar-refractivity contribution is 4.64. The molecule has 0 spiro atoms. The molecule has 1 heterocycles. The lowest BCUT2D eigenvalue weighted by atomic mass is 10.1. The average Bonchev–Trinajstić information content (AvgIpc) is 1.90. The maximum Gasteiger partial charge on any atom is 0.150 e. The number of alkyl halides is 1. The number of likely N-dealkylation sites (tertiary alicyclic amines) is 1. The van der Waals surface area contributed by atoms with Crippen LogP contribution in [0.4, 0.5) is 4.39 Å². The molecule has 1 aliphatic rings. The summed E-state index contributed by atoms with van der Waals surface area (Å²) in [5.41, 5.74) is 0. The first-order chi connectivity index (χ1) is 4.30. The minimum Gasteiger partial charge on any atom is -0.274 e. The van der Waals surface area contributed by atoms with Gasteiger partial charge in [-0.2, -0.15) is 0 Å². The first-order valence-electron chi connectivity index (χ1n) is 3.69. The van der Waals surface area contributed by atoms with E-state index in [1.807, 2.05) is 4.90 Å². The second kappa shape index (κ2) is 3.16. The van der Waals surface area contributed by atoms with Crippen molar-refractivity contribution in [2.45, 2.75) is 32.5 Å². The van der Waals surface area contributed by atoms with Crippen LogP contribution in [0.1, 0.15) is 26.2 Å². The highest BCUT2D eigenvalue weighted by atomic mass is 19.1. The van der Waals surface area contributed by atoms with Gasteiger partial charge in [0, 0.05) is 13.1 Å². The summed E-state index contributed by atoms with van der Waals surface area (Å²) in [5, 5.41) is 0. The molecule has 0 N–H and O–H groups in total. The summed E-state index contributed by atoms with van der Waals surface area (Å²) in [5.74, 6) is 0. The molecule has 0 aromatic carbocycles. The molecule has 1 atom stereocenters. The summed E-state index contributed by atoms with van der Waals surface area (Å²) in [6.45, 7) is 3.53. The number of halogens is 1. The third-order valence-electron chi connectivity index (χ3n) is 1.89. The normalized spacial score (nSPS) is 26.0. The van der Waals surface area contributed by atoms with Gasteiger partial charge in [0.15, 0.2) is 6.30 Å². The predicted octanol–water partition coefficient (Wildman–Crippen LogP) is 1.79. The highest BCUT2D eigenvalue weighted by Crippen LogP contribution is 2.11. The summed E-state index contributed by atoms with van der Waals surface area (Å²) in [6.07, 6.45) is 2.90. The van der Waals surface area contributed by atoms with E-state index in [2.05, 4.69) is 0 Å². The minimum atomic E-state index is -0.731. The minimum absolute atomic E-state index is 0.731. The zero-order valence-corrected chi connectivity index (χ0v) is 5.94. The van der Waals surface area contributed by atoms with E-state index in [-0.39, 0.29) is 0 Å². The smallest absolute Gasteiger partial charge is 0.150 e. The van der Waals surface area contributed by atoms with Gasteiger partial charge in [0.2, 0.25) is 0 Å². The lowest BCUT2D eigenvalue weighted by molar-refractivity contribution is 0.0785. The first kappa shape index (κ1) is 7.00. The molecule has 1 saturated heterocycles. The van der Waals surface area contributed by atoms with Gasteiger partial charge in [0.05, 0.1) is 0 Å². The molecule has 1 fully saturated rings. The standard InChI is InChI=1S/C7H14FN/c1-7(8)9-5-3-2-4-6-9/h7H,2-6H2,1H3. The monoisotopic (exact) mass is 131 g/mol. The van der Waals surface area contributed by atoms with Crippen LogP contribution in [0.5, 0.6) is 0 Å². The van der Waals surface area contributed by atoms with E-state index < -0.39 is 6.30 Å². The van der Waals surface area contributed by atoms with E-state index in [1.165, 1.54) is 19.3 Å². The fraction of sp³-hybridized carbons (Fsp3) is 1.00. The third kappa shape index (κ3) is 1.94. The van der Waals surface area contributed by atoms with Crippen molar-refractivity contribution in [3.05, 3.63) is 0 Å². The molecule has 0 aromatic rings. The lowest BCUT2D eigenvalue weighted by Gasteiger charge is -2.27. The summed E-state index contributed by atoms with van der Waals surface area (Å²) in [4.78, 5) is 1.89. The molecule has 0 saturated carbocycles. The Bertz CT molecular complexity index is 77.0. The number of hydrogen-bond acceptors (Lipinski definition) is 1. The number of piperidine rings is 1. The molecule has 1 unspecified atom stereocenters. The fourth-order valence-corrected chi connectivity index (χ4v) is 1.27. The molecule has 0 bridgehead atoms. The fourth-order valence-electron chi connectivity index (χ4n) is 1.27. The van der Waals surface area contributed by atoms with Crippen LogP contribution < -0.4 is 0 Å². The molecule has 0 aromatic heterocycles. The van der Waals surface area contributed by atoms with Crippen molar-refractivity contribution in [2.24, 2.45) is 0 Å². The Morgan fingerprint density at radius 2 is 1.78 bits per heavy atom. The lowest BCUT2D eigenvalue weighted by Crippen LogP contribution is -2.34. The largest absolute Gasteiger partial charge is 0.274 e. The van der Waals surface area contributed by atoms with Crippen LogP contribution in [-0.2, 0) is 0 Å². The van der Waals surface area contributed by atoms with E-state index >= 15 is 0 Å². The Hall–Kier alpha value is -0.110. The molecule has 9 heavy (non-hydrogen) atoms. The molecule has 1 aliphatic heterocycles. The highest BCUT2D eigenvalue weighted by Gasteiger charge is 2.14. The Morgan fingerprint density at radius 3 is 2.11 bits per heavy atom. The maximum absolute atomic E-state index is 12.5. The molecule has 0 aliphatic carbocycles. The topological polar surface area (TPSA) is 3.24 Å². The number of rotatable bonds is 1. The van der Waals surface area contributed by atoms with Crippen molar-refractivity contribution in [2.75, 3.05) is 13.1 Å². The van der Waals surface area contributed by atoms with Gasteiger partial charge < -0.3 is 0 Å². The second-order valence-corrected chi connectivity index (χ2v) is 2.67. The summed E-state index contributed by atoms with van der Waals surface area (Å²) in [6, 6.07) is 0. The van der Waals surface area contributed by atoms with Crippen molar-refractivity contribution in [1.29, 1.82) is 0 Å². The zero-order chi connectivity index (χ0) is 6.69. The van der Waals surface area contributed by atoms with E-state index in [4.69, 9.17) is 0 Å². The van der Waals surface area contributed by atoms with E-state index in [0.717, 1.165) is 13.1 Å². The van der Waals surface area contributed by atoms with Crippen LogP contribution in [0.3, 0.4) is 0 Å². The molecule has 1 nitrogen and oxygen atoms in total. The van der Waals surface area contributed by atoms with Gasteiger partial charge in [-0.3, -0.25) is 4.90 Å². The second-order valence-electron chi connectivity index (χ2n) is 2.67. The molecule has 0 amide bonds. The number of nitrogens with zero attached hydrogens (tertiary/aromatic N) is 1. The molecule has 1 rings (SSSR count). The molecule has 2 heteroatoms. The van der Waals surface area contributed by atoms with E-state index in [0.29, 0.717) is 0 Å². The maximum atomic E-state index is 12.5.